The largest absolute Gasteiger partial charge is 0.508 e. The van der Waals surface area contributed by atoms with Gasteiger partial charge in [0.25, 0.3) is 0 Å². The number of fused-ring (bicyclic) bond motifs is 1. The third kappa shape index (κ3) is 30.3. The first-order chi connectivity index (χ1) is 48.3. The fraction of sp³-hybridized carbons (Fsp3) is 0.559. The summed E-state index contributed by atoms with van der Waals surface area (Å²) in [6, 6.07) is 12.6. The highest BCUT2D eigenvalue weighted by Gasteiger charge is 2.36. The van der Waals surface area contributed by atoms with Crippen molar-refractivity contribution in [3.63, 3.8) is 0 Å². The predicted molar refractivity (Wildman–Crippen MR) is 382 cm³/mol. The molecular weight excluding hydrogens is 1350 g/mol. The van der Waals surface area contributed by atoms with E-state index in [2.05, 4.69) is 47.5 Å². The molecule has 0 spiro atoms. The molecule has 3 aromatic carbocycles. The molecule has 5 rings (SSSR count). The first-order valence-electron chi connectivity index (χ1n) is 34.0. The third-order valence-electron chi connectivity index (χ3n) is 17.0. The quantitative estimate of drug-likeness (QED) is 0.0176. The molecule has 1 aliphatic rings. The van der Waals surface area contributed by atoms with Crippen LogP contribution in [0.4, 0.5) is 0 Å². The molecule has 4 aromatic rings. The van der Waals surface area contributed by atoms with Crippen LogP contribution in [0.3, 0.4) is 0 Å². The number of nitrogens with one attached hydrogen (secondary N) is 9. The monoisotopic (exact) mass is 1450 g/mol. The molecule has 33 heteroatoms. The molecule has 7 amide bonds. The smallest absolute Gasteiger partial charge is 0.317 e. The number of aliphatic hydroxyl groups is 3. The summed E-state index contributed by atoms with van der Waals surface area (Å²) in [7, 11) is 1.89. The van der Waals surface area contributed by atoms with Crippen molar-refractivity contribution in [1.29, 1.82) is 0 Å². The van der Waals surface area contributed by atoms with E-state index in [0.29, 0.717) is 56.3 Å². The summed E-state index contributed by atoms with van der Waals surface area (Å²) in [6.07, 6.45) is 1.34. The number of H-pyrrole nitrogens is 1. The molecule has 1 aromatic heterocycles. The van der Waals surface area contributed by atoms with Gasteiger partial charge in [-0.1, -0.05) is 103 Å². The number of carbonyl (C=O) groups excluding carboxylic acids is 7. The van der Waals surface area contributed by atoms with Crippen LogP contribution in [-0.2, 0) is 67.2 Å². The number of aliphatic hydroxyl groups excluding tert-OH is 3. The zero-order valence-electron chi connectivity index (χ0n) is 57.7. The summed E-state index contributed by atoms with van der Waals surface area (Å²) < 4.78 is 0. The lowest BCUT2D eigenvalue weighted by atomic mass is 10.0. The number of carbonyl (C=O) groups is 10. The maximum atomic E-state index is 15.2. The van der Waals surface area contributed by atoms with Gasteiger partial charge in [0.05, 0.1) is 57.1 Å². The van der Waals surface area contributed by atoms with E-state index in [0.717, 1.165) is 38.1 Å². The summed E-state index contributed by atoms with van der Waals surface area (Å²) in [6.45, 7) is 5.67. The van der Waals surface area contributed by atoms with Crippen molar-refractivity contribution in [2.45, 2.75) is 133 Å². The highest BCUT2D eigenvalue weighted by Crippen LogP contribution is 2.25. The number of aromatic amines is 1. The van der Waals surface area contributed by atoms with Crippen molar-refractivity contribution in [2.24, 2.45) is 5.73 Å². The topological polar surface area (TPSA) is 463 Å². The van der Waals surface area contributed by atoms with E-state index < -0.39 is 139 Å². The number of aliphatic carboxylic acids is 3. The molecule has 2 heterocycles. The van der Waals surface area contributed by atoms with E-state index in [4.69, 9.17) is 5.73 Å². The average molecular weight is 1450 g/mol. The van der Waals surface area contributed by atoms with E-state index in [1.165, 1.54) is 26.0 Å². The number of likely N-dealkylation sites (N-methyl/N-ethyl adjacent to an activating group) is 1. The number of para-hydroxylation sites is 1. The van der Waals surface area contributed by atoms with E-state index in [-0.39, 0.29) is 95.5 Å². The molecule has 2 unspecified atom stereocenters. The number of aromatic hydroxyl groups is 1. The van der Waals surface area contributed by atoms with Crippen molar-refractivity contribution >= 4 is 91.7 Å². The van der Waals surface area contributed by atoms with E-state index in [1.54, 1.807) is 69.0 Å². The normalized spacial score (nSPS) is 16.8. The second-order valence-electron chi connectivity index (χ2n) is 25.1. The number of carboxylic acid groups (broad SMARTS) is 3. The van der Waals surface area contributed by atoms with E-state index in [1.807, 2.05) is 37.4 Å². The van der Waals surface area contributed by atoms with Gasteiger partial charge in [-0.3, -0.25) is 67.5 Å². The molecule has 558 valence electrons. The van der Waals surface area contributed by atoms with Gasteiger partial charge in [0, 0.05) is 99.8 Å². The number of carboxylic acids is 3. The van der Waals surface area contributed by atoms with E-state index >= 15 is 9.59 Å². The highest BCUT2D eigenvalue weighted by molar-refractivity contribution is 8.76. The predicted octanol–water partition coefficient (Wildman–Crippen LogP) is -1.58. The van der Waals surface area contributed by atoms with Crippen LogP contribution in [0.15, 0.2) is 85.1 Å². The minimum atomic E-state index is -1.59. The molecule has 1 aliphatic heterocycles. The van der Waals surface area contributed by atoms with Crippen LogP contribution in [0.25, 0.3) is 10.9 Å². The number of amides is 7. The Labute approximate surface area is 596 Å². The summed E-state index contributed by atoms with van der Waals surface area (Å²) in [5, 5.41) is 94.3. The second kappa shape index (κ2) is 44.4. The van der Waals surface area contributed by atoms with E-state index in [9.17, 15) is 74.1 Å². The lowest BCUT2D eigenvalue weighted by Gasteiger charge is -2.33. The lowest BCUT2D eigenvalue weighted by Crippen LogP contribution is -2.60. The summed E-state index contributed by atoms with van der Waals surface area (Å²) in [5.41, 5.74) is 8.65. The van der Waals surface area contributed by atoms with Gasteiger partial charge in [-0.05, 0) is 87.5 Å². The lowest BCUT2D eigenvalue weighted by molar-refractivity contribution is -0.140. The van der Waals surface area contributed by atoms with Crippen LogP contribution >= 0.6 is 21.6 Å². The Morgan fingerprint density at radius 2 is 0.990 bits per heavy atom. The number of nitrogens with two attached hydrogens (primary N) is 1. The molecule has 101 heavy (non-hydrogen) atoms. The minimum Gasteiger partial charge on any atom is -0.508 e. The summed E-state index contributed by atoms with van der Waals surface area (Å²) >= 11 is 0. The van der Waals surface area contributed by atoms with Crippen molar-refractivity contribution in [2.75, 3.05) is 110 Å². The Kier molecular flexibility index (Phi) is 36.8. The fourth-order valence-corrected chi connectivity index (χ4v) is 13.6. The number of benzene rings is 3. The highest BCUT2D eigenvalue weighted by atomic mass is 33.1. The van der Waals surface area contributed by atoms with Crippen LogP contribution in [0, 0.1) is 0 Å². The van der Waals surface area contributed by atoms with Crippen LogP contribution < -0.4 is 48.3 Å². The van der Waals surface area contributed by atoms with Crippen molar-refractivity contribution in [3.8, 4) is 5.75 Å². The molecule has 10 atom stereocenters. The van der Waals surface area contributed by atoms with Gasteiger partial charge >= 0.3 is 17.9 Å². The zero-order valence-corrected chi connectivity index (χ0v) is 59.4. The first-order valence-corrected chi connectivity index (χ1v) is 36.5. The van der Waals surface area contributed by atoms with Gasteiger partial charge < -0.3 is 89.0 Å². The van der Waals surface area contributed by atoms with Crippen LogP contribution in [0.5, 0.6) is 5.75 Å². The molecule has 18 N–H and O–H groups in total. The molecule has 0 saturated carbocycles. The van der Waals surface area contributed by atoms with Gasteiger partial charge in [0.2, 0.25) is 41.4 Å². The number of hydrogen-bond donors (Lipinski definition) is 17. The standard InChI is InChI=1S/C68H102N14O17S2/c1-5-48(34-47-35-71-51-17-11-10-16-50(47)51)72-64(95)54(33-46-19-21-49(86)22-20-46)74-66(97)56(41-100-101-42-57(67(98)75-55(40-83)43(3)84)77-68(99)62(44(4)85)78-63(94)52(70-6-2)18-12-13-23-69)76-65(96)53(32-45-14-8-7-9-15-45)73-58(87)36-79-24-26-80(37-59(88)89)28-30-82(39-61(92)93)31-29-81(27-25-79)38-60(90)91/h7-11,14-17,19-22,35,43-44,48,52-57,62,70-71,83-86H,5-6,12-13,18,23-34,36-42,69H2,1-4H3,(H,72,95)(H,73,87)(H,74,97)(H,75,98)(H,76,96)(H,77,99)(H,78,94)(H,88,89)(H,90,91)(H,92,93)/t43?,44?,48-,52-,53+,54-,55+,56-,57-,62-/m0/s1. The SMILES string of the molecule is CCN[C@@H](CCCCN)C(=O)N[C@H](C(=O)N[C@@H](CSSC[C@H](NC(=O)[C@@H](Cc1ccccc1)NC(=O)CN1CCN(CC(=O)O)CCN(CC(=O)O)CCN(CC(=O)O)CC1)C(=O)N[C@@H](Cc1ccc(O)cc1)C(=O)N[C@@H](CC)Cc1c[nH]c2ccccc12)C(=O)N[C@H](CO)C(C)O)C(C)O. The number of phenolic OH excluding ortho intramolecular Hbond substituents is 1. The molecular formula is C68H102N14O17S2. The van der Waals surface area contributed by atoms with Crippen molar-refractivity contribution in [3.05, 3.63) is 102 Å². The Balaban J connectivity index is 1.50. The Morgan fingerprint density at radius 1 is 0.525 bits per heavy atom. The molecule has 31 nitrogen and oxygen atoms in total. The van der Waals surface area contributed by atoms with Gasteiger partial charge in [0.1, 0.15) is 36.0 Å². The van der Waals surface area contributed by atoms with Gasteiger partial charge in [-0.25, -0.2) is 0 Å². The Bertz CT molecular complexity index is 3250. The fourth-order valence-electron chi connectivity index (χ4n) is 11.3. The second-order valence-corrected chi connectivity index (χ2v) is 27.6. The number of rotatable bonds is 42. The Hall–Kier alpha value is -7.96. The van der Waals surface area contributed by atoms with Gasteiger partial charge in [0.15, 0.2) is 0 Å². The number of aromatic nitrogens is 1. The third-order valence-corrected chi connectivity index (χ3v) is 19.4. The number of hydrogen-bond acceptors (Lipinski definition) is 22. The van der Waals surface area contributed by atoms with Crippen molar-refractivity contribution in [1.82, 2.24) is 67.1 Å². The summed E-state index contributed by atoms with van der Waals surface area (Å²) in [5.74, 6) is -9.56. The van der Waals surface area contributed by atoms with Crippen LogP contribution in [-0.4, -0.2) is 290 Å². The Morgan fingerprint density at radius 3 is 1.50 bits per heavy atom. The number of nitrogens with zero attached hydrogens (tertiary/aromatic N) is 4. The molecule has 1 saturated heterocycles. The maximum Gasteiger partial charge on any atom is 0.317 e. The van der Waals surface area contributed by atoms with Gasteiger partial charge in [-0.15, -0.1) is 0 Å². The number of phenols is 1. The molecule has 0 bridgehead atoms. The van der Waals surface area contributed by atoms with Crippen molar-refractivity contribution < 1.29 is 83.7 Å². The molecule has 0 aliphatic carbocycles. The summed E-state index contributed by atoms with van der Waals surface area (Å²) in [4.78, 5) is 147. The minimum absolute atomic E-state index is 0.0541. The first kappa shape index (κ1) is 83.7. The number of unbranched alkanes of at least 4 members (excludes halogenated alkanes) is 1. The maximum absolute atomic E-state index is 15.2. The van der Waals surface area contributed by atoms with Gasteiger partial charge in [-0.2, -0.15) is 0 Å². The average Bonchev–Trinajstić information content (AvgIpc) is 1.74. The zero-order chi connectivity index (χ0) is 74.0. The van der Waals surface area contributed by atoms with Crippen LogP contribution in [0.1, 0.15) is 70.1 Å². The molecule has 1 fully saturated rings. The van der Waals surface area contributed by atoms with Crippen LogP contribution in [0.2, 0.25) is 0 Å². The molecule has 0 radical (unpaired) electrons.